The Morgan fingerprint density at radius 1 is 1.09 bits per heavy atom. The lowest BCUT2D eigenvalue weighted by atomic mass is 9.90. The number of carbonyl (C=O) groups is 1. The monoisotopic (exact) mass is 297 g/mol. The van der Waals surface area contributed by atoms with Crippen molar-refractivity contribution >= 4 is 16.9 Å². The third-order valence-corrected chi connectivity index (χ3v) is 4.82. The summed E-state index contributed by atoms with van der Waals surface area (Å²) in [5.74, 6) is 0.686. The van der Waals surface area contributed by atoms with Gasteiger partial charge in [0.05, 0.1) is 0 Å². The number of benzene rings is 2. The number of aryl methyl sites for hydroxylation is 1. The van der Waals surface area contributed by atoms with Gasteiger partial charge in [-0.2, -0.15) is 0 Å². The molecule has 0 atom stereocenters. The number of hydrogen-bond donors (Lipinski definition) is 1. The van der Waals surface area contributed by atoms with E-state index in [2.05, 4.69) is 42.5 Å². The normalized spacial score (nSPS) is 16.1. The Labute approximate surface area is 131 Å². The molecule has 3 nitrogen and oxygen atoms in total. The SMILES string of the molecule is O=C(O)N1CCC(CCCc2cccc3ccccc23)CC1. The van der Waals surface area contributed by atoms with Crippen LogP contribution in [0.5, 0.6) is 0 Å². The Balaban J connectivity index is 1.52. The predicted octanol–water partition coefficient (Wildman–Crippen LogP) is 4.55. The fourth-order valence-electron chi connectivity index (χ4n) is 3.50. The van der Waals surface area contributed by atoms with Crippen molar-refractivity contribution in [2.45, 2.75) is 32.1 Å². The zero-order valence-electron chi connectivity index (χ0n) is 12.9. The molecule has 22 heavy (non-hydrogen) atoms. The van der Waals surface area contributed by atoms with Crippen molar-refractivity contribution in [3.8, 4) is 0 Å². The first-order valence-electron chi connectivity index (χ1n) is 8.18. The molecular weight excluding hydrogens is 274 g/mol. The molecule has 0 aliphatic carbocycles. The van der Waals surface area contributed by atoms with Gasteiger partial charge in [-0.1, -0.05) is 42.5 Å². The number of rotatable bonds is 4. The summed E-state index contributed by atoms with van der Waals surface area (Å²) in [6, 6.07) is 15.1. The highest BCUT2D eigenvalue weighted by molar-refractivity contribution is 5.85. The summed E-state index contributed by atoms with van der Waals surface area (Å²) >= 11 is 0. The molecule has 0 aromatic heterocycles. The number of hydrogen-bond acceptors (Lipinski definition) is 1. The lowest BCUT2D eigenvalue weighted by molar-refractivity contribution is 0.123. The number of piperidine rings is 1. The molecule has 0 radical (unpaired) electrons. The first-order chi connectivity index (χ1) is 10.7. The van der Waals surface area contributed by atoms with Crippen molar-refractivity contribution in [2.75, 3.05) is 13.1 Å². The average molecular weight is 297 g/mol. The molecule has 1 fully saturated rings. The average Bonchev–Trinajstić information content (AvgIpc) is 2.55. The van der Waals surface area contributed by atoms with Crippen LogP contribution in [-0.4, -0.2) is 29.2 Å². The van der Waals surface area contributed by atoms with Gasteiger partial charge in [0.1, 0.15) is 0 Å². The third kappa shape index (κ3) is 3.41. The minimum Gasteiger partial charge on any atom is -0.465 e. The summed E-state index contributed by atoms with van der Waals surface area (Å²) in [4.78, 5) is 12.5. The highest BCUT2D eigenvalue weighted by Crippen LogP contribution is 2.25. The van der Waals surface area contributed by atoms with Crippen LogP contribution >= 0.6 is 0 Å². The van der Waals surface area contributed by atoms with Crippen molar-refractivity contribution in [1.82, 2.24) is 4.90 Å². The van der Waals surface area contributed by atoms with Gasteiger partial charge < -0.3 is 10.0 Å². The van der Waals surface area contributed by atoms with E-state index >= 15 is 0 Å². The molecule has 3 rings (SSSR count). The van der Waals surface area contributed by atoms with E-state index in [0.717, 1.165) is 19.3 Å². The van der Waals surface area contributed by atoms with E-state index in [0.29, 0.717) is 19.0 Å². The molecular formula is C19H23NO2. The molecule has 2 aromatic carbocycles. The first kappa shape index (κ1) is 14.9. The van der Waals surface area contributed by atoms with Crippen molar-refractivity contribution in [2.24, 2.45) is 5.92 Å². The number of carboxylic acid groups (broad SMARTS) is 1. The summed E-state index contributed by atoms with van der Waals surface area (Å²) in [6.45, 7) is 1.41. The molecule has 0 saturated carbocycles. The highest BCUT2D eigenvalue weighted by atomic mass is 16.4. The van der Waals surface area contributed by atoms with E-state index < -0.39 is 6.09 Å². The Kier molecular flexibility index (Phi) is 4.62. The van der Waals surface area contributed by atoms with Crippen LogP contribution in [0.15, 0.2) is 42.5 Å². The molecule has 1 amide bonds. The summed E-state index contributed by atoms with van der Waals surface area (Å²) < 4.78 is 0. The summed E-state index contributed by atoms with van der Waals surface area (Å²) in [7, 11) is 0. The van der Waals surface area contributed by atoms with Gasteiger partial charge in [0.2, 0.25) is 0 Å². The van der Waals surface area contributed by atoms with Crippen molar-refractivity contribution in [3.05, 3.63) is 48.0 Å². The van der Waals surface area contributed by atoms with Crippen LogP contribution < -0.4 is 0 Å². The number of likely N-dealkylation sites (tertiary alicyclic amines) is 1. The van der Waals surface area contributed by atoms with Crippen LogP contribution in [0.2, 0.25) is 0 Å². The van der Waals surface area contributed by atoms with Gasteiger partial charge in [-0.25, -0.2) is 4.79 Å². The molecule has 3 heteroatoms. The zero-order valence-corrected chi connectivity index (χ0v) is 12.9. The van der Waals surface area contributed by atoms with Gasteiger partial charge >= 0.3 is 6.09 Å². The fourth-order valence-corrected chi connectivity index (χ4v) is 3.50. The Hall–Kier alpha value is -2.03. The minimum atomic E-state index is -0.769. The quantitative estimate of drug-likeness (QED) is 0.899. The van der Waals surface area contributed by atoms with Gasteiger partial charge in [-0.15, -0.1) is 0 Å². The maximum Gasteiger partial charge on any atom is 0.407 e. The van der Waals surface area contributed by atoms with Gasteiger partial charge in [-0.3, -0.25) is 0 Å². The topological polar surface area (TPSA) is 40.5 Å². The molecule has 1 heterocycles. The van der Waals surface area contributed by atoms with E-state index in [-0.39, 0.29) is 0 Å². The van der Waals surface area contributed by atoms with Crippen molar-refractivity contribution in [1.29, 1.82) is 0 Å². The Bertz CT molecular complexity index is 639. The second-order valence-corrected chi connectivity index (χ2v) is 6.24. The molecule has 1 saturated heterocycles. The summed E-state index contributed by atoms with van der Waals surface area (Å²) in [5.41, 5.74) is 1.43. The Morgan fingerprint density at radius 2 is 1.82 bits per heavy atom. The summed E-state index contributed by atoms with van der Waals surface area (Å²) in [5, 5.41) is 11.7. The summed E-state index contributed by atoms with van der Waals surface area (Å²) in [6.07, 6.45) is 4.77. The lowest BCUT2D eigenvalue weighted by Crippen LogP contribution is -2.37. The van der Waals surface area contributed by atoms with E-state index in [1.54, 1.807) is 4.90 Å². The van der Waals surface area contributed by atoms with Crippen molar-refractivity contribution in [3.63, 3.8) is 0 Å². The lowest BCUT2D eigenvalue weighted by Gasteiger charge is -2.29. The van der Waals surface area contributed by atoms with E-state index in [1.807, 2.05) is 0 Å². The van der Waals surface area contributed by atoms with Crippen LogP contribution in [0.1, 0.15) is 31.2 Å². The predicted molar refractivity (Wildman–Crippen MR) is 89.2 cm³/mol. The molecule has 0 spiro atoms. The number of nitrogens with zero attached hydrogens (tertiary/aromatic N) is 1. The van der Waals surface area contributed by atoms with Gasteiger partial charge in [0.25, 0.3) is 0 Å². The van der Waals surface area contributed by atoms with Crippen LogP contribution in [0.4, 0.5) is 4.79 Å². The van der Waals surface area contributed by atoms with E-state index in [4.69, 9.17) is 5.11 Å². The minimum absolute atomic E-state index is 0.686. The smallest absolute Gasteiger partial charge is 0.407 e. The Morgan fingerprint density at radius 3 is 2.59 bits per heavy atom. The van der Waals surface area contributed by atoms with Crippen LogP contribution in [0.3, 0.4) is 0 Å². The molecule has 1 aliphatic rings. The molecule has 1 N–H and O–H groups in total. The third-order valence-electron chi connectivity index (χ3n) is 4.82. The number of amides is 1. The second-order valence-electron chi connectivity index (χ2n) is 6.24. The molecule has 0 unspecified atom stereocenters. The highest BCUT2D eigenvalue weighted by Gasteiger charge is 2.21. The van der Waals surface area contributed by atoms with Gasteiger partial charge in [-0.05, 0) is 54.4 Å². The second kappa shape index (κ2) is 6.82. The maximum absolute atomic E-state index is 10.9. The molecule has 1 aliphatic heterocycles. The van der Waals surface area contributed by atoms with Crippen LogP contribution in [-0.2, 0) is 6.42 Å². The zero-order chi connectivity index (χ0) is 15.4. The van der Waals surface area contributed by atoms with Crippen LogP contribution in [0, 0.1) is 5.92 Å². The van der Waals surface area contributed by atoms with Crippen LogP contribution in [0.25, 0.3) is 10.8 Å². The maximum atomic E-state index is 10.9. The fraction of sp³-hybridized carbons (Fsp3) is 0.421. The standard InChI is InChI=1S/C19H23NO2/c21-19(22)20-13-11-15(12-14-20)5-3-7-17-9-4-8-16-6-1-2-10-18(16)17/h1-2,4,6,8-10,15H,3,5,7,11-14H2,(H,21,22). The molecule has 0 bridgehead atoms. The largest absolute Gasteiger partial charge is 0.465 e. The first-order valence-corrected chi connectivity index (χ1v) is 8.18. The van der Waals surface area contributed by atoms with Gasteiger partial charge in [0, 0.05) is 13.1 Å². The number of fused-ring (bicyclic) bond motifs is 1. The van der Waals surface area contributed by atoms with E-state index in [9.17, 15) is 4.79 Å². The van der Waals surface area contributed by atoms with Crippen molar-refractivity contribution < 1.29 is 9.90 Å². The molecule has 2 aromatic rings. The van der Waals surface area contributed by atoms with Gasteiger partial charge in [0.15, 0.2) is 0 Å². The van der Waals surface area contributed by atoms with E-state index in [1.165, 1.54) is 29.2 Å². The molecule has 116 valence electrons.